The molecule has 3 heteroatoms. The third-order valence-corrected chi connectivity index (χ3v) is 4.87. The maximum atomic E-state index is 6.19. The summed E-state index contributed by atoms with van der Waals surface area (Å²) in [5, 5.41) is 2.11. The van der Waals surface area contributed by atoms with Crippen molar-refractivity contribution in [3.8, 4) is 0 Å². The second kappa shape index (κ2) is 6.17. The Morgan fingerprint density at radius 2 is 2.00 bits per heavy atom. The maximum absolute atomic E-state index is 6.19. The first kappa shape index (κ1) is 14.9. The molecule has 0 bridgehead atoms. The van der Waals surface area contributed by atoms with Gasteiger partial charge in [-0.3, -0.25) is 0 Å². The van der Waals surface area contributed by atoms with Crippen LogP contribution in [0.4, 0.5) is 0 Å². The zero-order chi connectivity index (χ0) is 13.1. The van der Waals surface area contributed by atoms with Crippen LogP contribution in [0.2, 0.25) is 0 Å². The quantitative estimate of drug-likeness (QED) is 0.753. The van der Waals surface area contributed by atoms with Gasteiger partial charge in [0.25, 0.3) is 0 Å². The van der Waals surface area contributed by atoms with Crippen molar-refractivity contribution < 1.29 is 4.84 Å². The summed E-state index contributed by atoms with van der Waals surface area (Å²) in [4.78, 5) is 5.45. The fourth-order valence-electron chi connectivity index (χ4n) is 3.02. The van der Waals surface area contributed by atoms with Crippen molar-refractivity contribution in [1.29, 1.82) is 0 Å². The minimum Gasteiger partial charge on any atom is -0.327 e. The number of rotatable bonds is 5. The Hall–Kier alpha value is -0.120. The number of hydrogen-bond acceptors (Lipinski definition) is 3. The van der Waals surface area contributed by atoms with Crippen molar-refractivity contribution in [3.63, 3.8) is 0 Å². The zero-order valence-corrected chi connectivity index (χ0v) is 12.2. The standard InChI is InChI=1S/C14H30N2O/c1-6-9-16(17-5)10-12-7-8-13(15)11(2)14(12,3)4/h11-13H,6-10,15H2,1-5H3. The van der Waals surface area contributed by atoms with E-state index in [1.54, 1.807) is 7.11 Å². The zero-order valence-electron chi connectivity index (χ0n) is 12.2. The fourth-order valence-corrected chi connectivity index (χ4v) is 3.02. The van der Waals surface area contributed by atoms with Crippen LogP contribution in [0.1, 0.15) is 47.0 Å². The van der Waals surface area contributed by atoms with E-state index in [4.69, 9.17) is 10.6 Å². The van der Waals surface area contributed by atoms with E-state index in [9.17, 15) is 0 Å². The molecule has 0 aromatic carbocycles. The molecule has 1 rings (SSSR count). The molecule has 0 saturated heterocycles. The van der Waals surface area contributed by atoms with Gasteiger partial charge in [-0.1, -0.05) is 27.7 Å². The van der Waals surface area contributed by atoms with Crippen molar-refractivity contribution in [2.75, 3.05) is 20.2 Å². The summed E-state index contributed by atoms with van der Waals surface area (Å²) in [5.74, 6) is 1.27. The molecule has 0 aliphatic heterocycles. The van der Waals surface area contributed by atoms with Crippen LogP contribution in [0.5, 0.6) is 0 Å². The van der Waals surface area contributed by atoms with Gasteiger partial charge >= 0.3 is 0 Å². The maximum Gasteiger partial charge on any atom is 0.0575 e. The lowest BCUT2D eigenvalue weighted by atomic mass is 9.61. The van der Waals surface area contributed by atoms with Crippen LogP contribution in [0.15, 0.2) is 0 Å². The Morgan fingerprint density at radius 3 is 2.53 bits per heavy atom. The van der Waals surface area contributed by atoms with Gasteiger partial charge in [-0.2, -0.15) is 5.06 Å². The summed E-state index contributed by atoms with van der Waals surface area (Å²) in [6.07, 6.45) is 3.51. The number of hydrogen-bond donors (Lipinski definition) is 1. The highest BCUT2D eigenvalue weighted by Gasteiger charge is 2.41. The second-order valence-corrected chi connectivity index (χ2v) is 6.12. The summed E-state index contributed by atoms with van der Waals surface area (Å²) in [6.45, 7) is 11.3. The van der Waals surface area contributed by atoms with Crippen LogP contribution in [0.3, 0.4) is 0 Å². The molecule has 0 spiro atoms. The molecule has 1 aliphatic rings. The van der Waals surface area contributed by atoms with Crippen LogP contribution in [-0.2, 0) is 4.84 Å². The average Bonchev–Trinajstić information content (AvgIpc) is 2.29. The van der Waals surface area contributed by atoms with Crippen LogP contribution >= 0.6 is 0 Å². The van der Waals surface area contributed by atoms with E-state index in [0.29, 0.717) is 23.3 Å². The first-order valence-electron chi connectivity index (χ1n) is 6.98. The van der Waals surface area contributed by atoms with Gasteiger partial charge in [-0.25, -0.2) is 0 Å². The lowest BCUT2D eigenvalue weighted by Gasteiger charge is -2.48. The van der Waals surface area contributed by atoms with E-state index in [0.717, 1.165) is 25.9 Å². The van der Waals surface area contributed by atoms with Gasteiger partial charge < -0.3 is 10.6 Å². The lowest BCUT2D eigenvalue weighted by Crippen LogP contribution is -2.49. The molecule has 17 heavy (non-hydrogen) atoms. The lowest BCUT2D eigenvalue weighted by molar-refractivity contribution is -0.154. The van der Waals surface area contributed by atoms with Crippen LogP contribution in [-0.4, -0.2) is 31.3 Å². The predicted molar refractivity (Wildman–Crippen MR) is 72.5 cm³/mol. The van der Waals surface area contributed by atoms with Gasteiger partial charge in [0.1, 0.15) is 0 Å². The Kier molecular flexibility index (Phi) is 5.42. The first-order chi connectivity index (χ1) is 7.93. The molecule has 3 nitrogen and oxygen atoms in total. The highest BCUT2D eigenvalue weighted by molar-refractivity contribution is 4.93. The van der Waals surface area contributed by atoms with Gasteiger partial charge in [-0.15, -0.1) is 0 Å². The molecule has 0 aromatic heterocycles. The molecule has 1 fully saturated rings. The van der Waals surface area contributed by atoms with Gasteiger partial charge in [-0.05, 0) is 36.5 Å². The van der Waals surface area contributed by atoms with Crippen molar-refractivity contribution in [2.24, 2.45) is 23.0 Å². The van der Waals surface area contributed by atoms with E-state index in [1.165, 1.54) is 6.42 Å². The minimum atomic E-state index is 0.308. The highest BCUT2D eigenvalue weighted by atomic mass is 16.7. The van der Waals surface area contributed by atoms with Crippen LogP contribution in [0.25, 0.3) is 0 Å². The molecular weight excluding hydrogens is 212 g/mol. The topological polar surface area (TPSA) is 38.5 Å². The summed E-state index contributed by atoms with van der Waals surface area (Å²) in [6, 6.07) is 0.364. The average molecular weight is 242 g/mol. The number of nitrogens with zero attached hydrogens (tertiary/aromatic N) is 1. The van der Waals surface area contributed by atoms with Crippen molar-refractivity contribution in [1.82, 2.24) is 5.06 Å². The van der Waals surface area contributed by atoms with Gasteiger partial charge in [0.05, 0.1) is 7.11 Å². The minimum absolute atomic E-state index is 0.308. The van der Waals surface area contributed by atoms with Gasteiger partial charge in [0.2, 0.25) is 0 Å². The largest absolute Gasteiger partial charge is 0.327 e. The molecule has 0 aromatic rings. The summed E-state index contributed by atoms with van der Waals surface area (Å²) in [5.41, 5.74) is 6.50. The second-order valence-electron chi connectivity index (χ2n) is 6.12. The highest BCUT2D eigenvalue weighted by Crippen LogP contribution is 2.44. The van der Waals surface area contributed by atoms with Gasteiger partial charge in [0.15, 0.2) is 0 Å². The van der Waals surface area contributed by atoms with E-state index in [2.05, 4.69) is 32.8 Å². The van der Waals surface area contributed by atoms with E-state index in [-0.39, 0.29) is 0 Å². The summed E-state index contributed by atoms with van der Waals surface area (Å²) in [7, 11) is 1.78. The Balaban J connectivity index is 2.63. The molecule has 1 aliphatic carbocycles. The van der Waals surface area contributed by atoms with Crippen molar-refractivity contribution in [3.05, 3.63) is 0 Å². The first-order valence-corrected chi connectivity index (χ1v) is 6.98. The molecular formula is C14H30N2O. The Morgan fingerprint density at radius 1 is 1.35 bits per heavy atom. The van der Waals surface area contributed by atoms with E-state index < -0.39 is 0 Å². The van der Waals surface area contributed by atoms with Gasteiger partial charge in [0, 0.05) is 19.1 Å². The molecule has 2 N–H and O–H groups in total. The SMILES string of the molecule is CCCN(CC1CCC(N)C(C)C1(C)C)OC. The Bertz CT molecular complexity index is 230. The Labute approximate surface area is 107 Å². The van der Waals surface area contributed by atoms with Crippen molar-refractivity contribution in [2.45, 2.75) is 53.0 Å². The third kappa shape index (κ3) is 3.43. The molecule has 3 atom stereocenters. The molecule has 1 saturated carbocycles. The molecule has 0 heterocycles. The van der Waals surface area contributed by atoms with E-state index in [1.807, 2.05) is 0 Å². The van der Waals surface area contributed by atoms with E-state index >= 15 is 0 Å². The monoisotopic (exact) mass is 242 g/mol. The predicted octanol–water partition coefficient (Wildman–Crippen LogP) is 2.66. The number of hydroxylamine groups is 2. The summed E-state index contributed by atoms with van der Waals surface area (Å²) >= 11 is 0. The summed E-state index contributed by atoms with van der Waals surface area (Å²) < 4.78 is 0. The fraction of sp³-hybridized carbons (Fsp3) is 1.00. The van der Waals surface area contributed by atoms with Crippen molar-refractivity contribution >= 4 is 0 Å². The molecule has 0 amide bonds. The number of nitrogens with two attached hydrogens (primary N) is 1. The van der Waals surface area contributed by atoms with Crippen LogP contribution in [0, 0.1) is 17.3 Å². The molecule has 102 valence electrons. The third-order valence-electron chi connectivity index (χ3n) is 4.87. The van der Waals surface area contributed by atoms with Crippen LogP contribution < -0.4 is 5.73 Å². The molecule has 3 unspecified atom stereocenters. The normalized spacial score (nSPS) is 33.0. The molecule has 0 radical (unpaired) electrons. The smallest absolute Gasteiger partial charge is 0.0575 e.